The molecule has 0 aromatic carbocycles. The maximum absolute atomic E-state index is 11.7. The van der Waals surface area contributed by atoms with Crippen molar-refractivity contribution in [1.82, 2.24) is 0 Å². The molecule has 0 aromatic rings. The lowest BCUT2D eigenvalue weighted by Crippen LogP contribution is -2.62. The Balaban J connectivity index is 1.83. The molecule has 0 saturated heterocycles. The largest absolute Gasteiger partial charge is 0.390 e. The quantitative estimate of drug-likeness (QED) is 0.662. The standard InChI is InChI=1S/C22H40O3/c1-19(21(24)13-7-3-8-14-21,22(25)15-9-4-10-16-22)17-18-20(23)11-5-2-6-12-20/h23-25H,2-18H2,1H3. The Morgan fingerprint density at radius 1 is 0.600 bits per heavy atom. The monoisotopic (exact) mass is 352 g/mol. The van der Waals surface area contributed by atoms with Crippen molar-refractivity contribution in [2.75, 3.05) is 0 Å². The van der Waals surface area contributed by atoms with E-state index < -0.39 is 22.2 Å². The number of rotatable bonds is 5. The van der Waals surface area contributed by atoms with Crippen molar-refractivity contribution in [3.63, 3.8) is 0 Å². The second-order valence-electron chi connectivity index (χ2n) is 9.80. The Kier molecular flexibility index (Phi) is 5.88. The van der Waals surface area contributed by atoms with E-state index in [2.05, 4.69) is 6.92 Å². The summed E-state index contributed by atoms with van der Waals surface area (Å²) in [5.74, 6) is 0. The predicted octanol–water partition coefficient (Wildman–Crippen LogP) is 4.86. The molecule has 3 aliphatic rings. The van der Waals surface area contributed by atoms with E-state index in [0.29, 0.717) is 0 Å². The van der Waals surface area contributed by atoms with Crippen LogP contribution in [0.2, 0.25) is 0 Å². The summed E-state index contributed by atoms with van der Waals surface area (Å²) in [4.78, 5) is 0. The lowest BCUT2D eigenvalue weighted by molar-refractivity contribution is -0.219. The van der Waals surface area contributed by atoms with Crippen LogP contribution in [0.4, 0.5) is 0 Å². The van der Waals surface area contributed by atoms with Gasteiger partial charge in [-0.2, -0.15) is 0 Å². The average Bonchev–Trinajstić information content (AvgIpc) is 2.61. The van der Waals surface area contributed by atoms with Gasteiger partial charge in [0.2, 0.25) is 0 Å². The minimum Gasteiger partial charge on any atom is -0.390 e. The molecule has 0 atom stereocenters. The fourth-order valence-electron chi connectivity index (χ4n) is 6.22. The van der Waals surface area contributed by atoms with Crippen molar-refractivity contribution >= 4 is 0 Å². The van der Waals surface area contributed by atoms with Crippen LogP contribution in [-0.4, -0.2) is 32.1 Å². The highest BCUT2D eigenvalue weighted by molar-refractivity contribution is 5.10. The average molecular weight is 353 g/mol. The summed E-state index contributed by atoms with van der Waals surface area (Å²) in [6.45, 7) is 2.15. The van der Waals surface area contributed by atoms with Crippen molar-refractivity contribution in [2.24, 2.45) is 5.41 Å². The SMILES string of the molecule is CC(CCC1(O)CCCCC1)(C1(O)CCCCC1)C1(O)CCCCC1. The zero-order chi connectivity index (χ0) is 18.0. The molecular formula is C22H40O3. The molecule has 25 heavy (non-hydrogen) atoms. The fourth-order valence-corrected chi connectivity index (χ4v) is 6.22. The van der Waals surface area contributed by atoms with Crippen molar-refractivity contribution in [3.8, 4) is 0 Å². The summed E-state index contributed by atoms with van der Waals surface area (Å²) in [6, 6.07) is 0. The van der Waals surface area contributed by atoms with Gasteiger partial charge in [-0.15, -0.1) is 0 Å². The second kappa shape index (κ2) is 7.48. The van der Waals surface area contributed by atoms with Gasteiger partial charge in [0.1, 0.15) is 0 Å². The molecule has 0 spiro atoms. The lowest BCUT2D eigenvalue weighted by Gasteiger charge is -2.58. The van der Waals surface area contributed by atoms with Gasteiger partial charge in [-0.3, -0.25) is 0 Å². The normalized spacial score (nSPS) is 29.3. The number of aliphatic hydroxyl groups is 3. The molecule has 3 saturated carbocycles. The predicted molar refractivity (Wildman–Crippen MR) is 101 cm³/mol. The molecule has 3 aliphatic carbocycles. The third kappa shape index (κ3) is 3.80. The van der Waals surface area contributed by atoms with Crippen molar-refractivity contribution in [1.29, 1.82) is 0 Å². The molecule has 0 unspecified atom stereocenters. The van der Waals surface area contributed by atoms with Crippen LogP contribution < -0.4 is 0 Å². The summed E-state index contributed by atoms with van der Waals surface area (Å²) in [6.07, 6.45) is 16.6. The van der Waals surface area contributed by atoms with E-state index in [-0.39, 0.29) is 0 Å². The van der Waals surface area contributed by atoms with Gasteiger partial charge in [-0.1, -0.05) is 64.7 Å². The highest BCUT2D eigenvalue weighted by Gasteiger charge is 2.59. The smallest absolute Gasteiger partial charge is 0.0728 e. The van der Waals surface area contributed by atoms with Crippen LogP contribution in [0.5, 0.6) is 0 Å². The minimum absolute atomic E-state index is 0.506. The van der Waals surface area contributed by atoms with Crippen LogP contribution in [0.25, 0.3) is 0 Å². The minimum atomic E-state index is -0.775. The molecule has 0 aromatic heterocycles. The van der Waals surface area contributed by atoms with Crippen LogP contribution >= 0.6 is 0 Å². The first-order valence-electron chi connectivity index (χ1n) is 11.0. The molecule has 3 N–H and O–H groups in total. The molecular weight excluding hydrogens is 312 g/mol. The lowest BCUT2D eigenvalue weighted by atomic mass is 9.52. The summed E-state index contributed by atoms with van der Waals surface area (Å²) in [7, 11) is 0. The fraction of sp³-hybridized carbons (Fsp3) is 1.00. The van der Waals surface area contributed by atoms with Gasteiger partial charge in [0.15, 0.2) is 0 Å². The third-order valence-electron chi connectivity index (χ3n) is 8.29. The molecule has 3 nitrogen and oxygen atoms in total. The van der Waals surface area contributed by atoms with Gasteiger partial charge < -0.3 is 15.3 Å². The Bertz CT molecular complexity index is 403. The van der Waals surface area contributed by atoms with E-state index in [1.54, 1.807) is 0 Å². The van der Waals surface area contributed by atoms with Gasteiger partial charge in [0.25, 0.3) is 0 Å². The van der Waals surface area contributed by atoms with Crippen LogP contribution in [0.15, 0.2) is 0 Å². The second-order valence-corrected chi connectivity index (χ2v) is 9.80. The van der Waals surface area contributed by atoms with Gasteiger partial charge in [-0.05, 0) is 51.4 Å². The van der Waals surface area contributed by atoms with E-state index in [1.807, 2.05) is 0 Å². The number of hydrogen-bond acceptors (Lipinski definition) is 3. The van der Waals surface area contributed by atoms with Crippen LogP contribution in [0, 0.1) is 5.41 Å². The number of hydrogen-bond donors (Lipinski definition) is 3. The van der Waals surface area contributed by atoms with Gasteiger partial charge in [0.05, 0.1) is 16.8 Å². The van der Waals surface area contributed by atoms with Gasteiger partial charge in [0, 0.05) is 5.41 Å². The van der Waals surface area contributed by atoms with E-state index in [0.717, 1.165) is 89.9 Å². The topological polar surface area (TPSA) is 60.7 Å². The van der Waals surface area contributed by atoms with E-state index in [4.69, 9.17) is 0 Å². The van der Waals surface area contributed by atoms with E-state index in [1.165, 1.54) is 19.3 Å². The molecule has 0 amide bonds. The third-order valence-corrected chi connectivity index (χ3v) is 8.29. The van der Waals surface area contributed by atoms with Gasteiger partial charge in [-0.25, -0.2) is 0 Å². The first-order valence-corrected chi connectivity index (χ1v) is 11.0. The molecule has 3 heteroatoms. The zero-order valence-electron chi connectivity index (χ0n) is 16.4. The molecule has 0 bridgehead atoms. The maximum atomic E-state index is 11.7. The molecule has 0 aliphatic heterocycles. The molecule has 0 radical (unpaired) electrons. The molecule has 0 heterocycles. The van der Waals surface area contributed by atoms with E-state index in [9.17, 15) is 15.3 Å². The Labute approximate surface area is 154 Å². The van der Waals surface area contributed by atoms with Crippen LogP contribution in [0.3, 0.4) is 0 Å². The highest BCUT2D eigenvalue weighted by Crippen LogP contribution is 2.56. The zero-order valence-corrected chi connectivity index (χ0v) is 16.4. The van der Waals surface area contributed by atoms with E-state index >= 15 is 0 Å². The first-order chi connectivity index (χ1) is 11.8. The molecule has 3 fully saturated rings. The van der Waals surface area contributed by atoms with Crippen LogP contribution in [0.1, 0.15) is 116 Å². The maximum Gasteiger partial charge on any atom is 0.0728 e. The summed E-state index contributed by atoms with van der Waals surface area (Å²) >= 11 is 0. The Morgan fingerprint density at radius 2 is 0.960 bits per heavy atom. The molecule has 146 valence electrons. The van der Waals surface area contributed by atoms with Gasteiger partial charge >= 0.3 is 0 Å². The van der Waals surface area contributed by atoms with Crippen molar-refractivity contribution < 1.29 is 15.3 Å². The highest BCUT2D eigenvalue weighted by atomic mass is 16.3. The molecule has 3 rings (SSSR count). The van der Waals surface area contributed by atoms with Crippen molar-refractivity contribution in [2.45, 2.75) is 133 Å². The first kappa shape index (κ1) is 19.6. The summed E-state index contributed by atoms with van der Waals surface area (Å²) in [5.41, 5.74) is -2.63. The van der Waals surface area contributed by atoms with Crippen LogP contribution in [-0.2, 0) is 0 Å². The Hall–Kier alpha value is -0.120. The summed E-state index contributed by atoms with van der Waals surface area (Å²) in [5, 5.41) is 34.4. The van der Waals surface area contributed by atoms with Crippen molar-refractivity contribution in [3.05, 3.63) is 0 Å². The Morgan fingerprint density at radius 3 is 1.36 bits per heavy atom. The summed E-state index contributed by atoms with van der Waals surface area (Å²) < 4.78 is 0.